The van der Waals surface area contributed by atoms with Gasteiger partial charge in [0.1, 0.15) is 11.3 Å². The van der Waals surface area contributed by atoms with Crippen molar-refractivity contribution in [2.45, 2.75) is 52.1 Å². The van der Waals surface area contributed by atoms with Gasteiger partial charge in [0.15, 0.2) is 0 Å². The van der Waals surface area contributed by atoms with Crippen LogP contribution < -0.4 is 5.32 Å². The number of aryl methyl sites for hydroxylation is 2. The number of benzene rings is 1. The maximum Gasteiger partial charge on any atom is 0.137 e. The molecule has 0 saturated heterocycles. The second-order valence-corrected chi connectivity index (χ2v) is 6.42. The van der Waals surface area contributed by atoms with Crippen molar-refractivity contribution in [3.05, 3.63) is 33.5 Å². The average molecular weight is 322 g/mol. The summed E-state index contributed by atoms with van der Waals surface area (Å²) in [5, 5.41) is 4.84. The lowest BCUT2D eigenvalue weighted by Gasteiger charge is -2.03. The molecule has 0 radical (unpaired) electrons. The highest BCUT2D eigenvalue weighted by Crippen LogP contribution is 2.32. The van der Waals surface area contributed by atoms with Crippen LogP contribution in [0.4, 0.5) is 0 Å². The normalized spacial score (nSPS) is 15.3. The van der Waals surface area contributed by atoms with Crippen LogP contribution in [0.3, 0.4) is 0 Å². The van der Waals surface area contributed by atoms with Crippen molar-refractivity contribution in [1.82, 2.24) is 5.32 Å². The van der Waals surface area contributed by atoms with Crippen LogP contribution in [0, 0.1) is 6.92 Å². The zero-order valence-electron chi connectivity index (χ0n) is 11.6. The molecular formula is C16H20BrNO. The molecule has 3 rings (SSSR count). The minimum atomic E-state index is 0.718. The highest BCUT2D eigenvalue weighted by Gasteiger charge is 2.22. The minimum Gasteiger partial charge on any atom is -0.459 e. The molecular weight excluding hydrogens is 302 g/mol. The van der Waals surface area contributed by atoms with Crippen molar-refractivity contribution in [3.63, 3.8) is 0 Å². The molecule has 0 unspecified atom stereocenters. The summed E-state index contributed by atoms with van der Waals surface area (Å²) in [6.07, 6.45) is 4.86. The summed E-state index contributed by atoms with van der Waals surface area (Å²) >= 11 is 3.59. The fourth-order valence-electron chi connectivity index (χ4n) is 2.62. The van der Waals surface area contributed by atoms with E-state index in [4.69, 9.17) is 4.42 Å². The van der Waals surface area contributed by atoms with Gasteiger partial charge in [-0.05, 0) is 43.9 Å². The van der Waals surface area contributed by atoms with E-state index in [9.17, 15) is 0 Å². The monoisotopic (exact) mass is 321 g/mol. The van der Waals surface area contributed by atoms with Gasteiger partial charge in [-0.25, -0.2) is 0 Å². The maximum absolute atomic E-state index is 6.13. The molecule has 0 atom stereocenters. The Hall–Kier alpha value is -0.800. The minimum absolute atomic E-state index is 0.718. The molecule has 0 aliphatic heterocycles. The zero-order chi connectivity index (χ0) is 13.4. The Morgan fingerprint density at radius 1 is 1.37 bits per heavy atom. The quantitative estimate of drug-likeness (QED) is 0.862. The number of hydrogen-bond acceptors (Lipinski definition) is 2. The van der Waals surface area contributed by atoms with Crippen LogP contribution >= 0.6 is 15.9 Å². The molecule has 2 nitrogen and oxygen atoms in total. The second-order valence-electron chi connectivity index (χ2n) is 5.51. The first-order valence-corrected chi connectivity index (χ1v) is 7.92. The number of halogens is 1. The average Bonchev–Trinajstić information content (AvgIpc) is 3.13. The topological polar surface area (TPSA) is 25.2 Å². The number of fused-ring (bicyclic) bond motifs is 1. The lowest BCUT2D eigenvalue weighted by Crippen LogP contribution is -2.15. The number of nitrogens with one attached hydrogen (secondary N) is 1. The molecule has 1 N–H and O–H groups in total. The molecule has 102 valence electrons. The van der Waals surface area contributed by atoms with E-state index in [1.165, 1.54) is 29.4 Å². The van der Waals surface area contributed by atoms with Gasteiger partial charge in [-0.3, -0.25) is 0 Å². The molecule has 1 heterocycles. The van der Waals surface area contributed by atoms with Gasteiger partial charge in [-0.1, -0.05) is 29.3 Å². The van der Waals surface area contributed by atoms with Crippen LogP contribution in [0.1, 0.15) is 43.1 Å². The van der Waals surface area contributed by atoms with Crippen LogP contribution in [-0.2, 0) is 13.0 Å². The van der Waals surface area contributed by atoms with E-state index in [-0.39, 0.29) is 0 Å². The summed E-state index contributed by atoms with van der Waals surface area (Å²) < 4.78 is 7.27. The van der Waals surface area contributed by atoms with E-state index in [1.807, 2.05) is 0 Å². The first kappa shape index (κ1) is 13.2. The van der Waals surface area contributed by atoms with Crippen LogP contribution in [0.15, 0.2) is 21.0 Å². The van der Waals surface area contributed by atoms with Gasteiger partial charge in [-0.2, -0.15) is 0 Å². The van der Waals surface area contributed by atoms with Gasteiger partial charge in [-0.15, -0.1) is 0 Å². The van der Waals surface area contributed by atoms with Gasteiger partial charge in [0.2, 0.25) is 0 Å². The molecule has 0 bridgehead atoms. The molecule has 1 aromatic carbocycles. The van der Waals surface area contributed by atoms with E-state index in [2.05, 4.69) is 47.2 Å². The zero-order valence-corrected chi connectivity index (χ0v) is 13.1. The number of rotatable bonds is 5. The predicted molar refractivity (Wildman–Crippen MR) is 82.5 cm³/mol. The lowest BCUT2D eigenvalue weighted by molar-refractivity contribution is 0.504. The Balaban J connectivity index is 2.03. The Kier molecular flexibility index (Phi) is 3.68. The lowest BCUT2D eigenvalue weighted by atomic mass is 10.0. The molecule has 0 spiro atoms. The molecule has 1 aromatic heterocycles. The van der Waals surface area contributed by atoms with Gasteiger partial charge >= 0.3 is 0 Å². The summed E-state index contributed by atoms with van der Waals surface area (Å²) in [5.41, 5.74) is 3.65. The van der Waals surface area contributed by atoms with Crippen molar-refractivity contribution in [1.29, 1.82) is 0 Å². The molecule has 19 heavy (non-hydrogen) atoms. The van der Waals surface area contributed by atoms with Gasteiger partial charge in [0.25, 0.3) is 0 Å². The van der Waals surface area contributed by atoms with Crippen molar-refractivity contribution in [3.8, 4) is 0 Å². The van der Waals surface area contributed by atoms with E-state index in [0.29, 0.717) is 0 Å². The smallest absolute Gasteiger partial charge is 0.137 e. The van der Waals surface area contributed by atoms with Crippen molar-refractivity contribution in [2.24, 2.45) is 0 Å². The Bertz CT molecular complexity index is 598. The molecule has 1 fully saturated rings. The molecule has 1 aliphatic rings. The fourth-order valence-corrected chi connectivity index (χ4v) is 3.19. The van der Waals surface area contributed by atoms with Crippen LogP contribution in [-0.4, -0.2) is 6.04 Å². The Morgan fingerprint density at radius 2 is 2.16 bits per heavy atom. The van der Waals surface area contributed by atoms with E-state index in [0.717, 1.165) is 41.2 Å². The fraction of sp³-hybridized carbons (Fsp3) is 0.500. The second kappa shape index (κ2) is 5.29. The van der Waals surface area contributed by atoms with Gasteiger partial charge in [0, 0.05) is 21.5 Å². The third-order valence-electron chi connectivity index (χ3n) is 3.76. The van der Waals surface area contributed by atoms with Crippen molar-refractivity contribution in [2.75, 3.05) is 0 Å². The molecule has 1 saturated carbocycles. The molecule has 1 aliphatic carbocycles. The summed E-state index contributed by atoms with van der Waals surface area (Å²) in [6.45, 7) is 5.21. The van der Waals surface area contributed by atoms with Gasteiger partial charge < -0.3 is 9.73 Å². The number of furan rings is 1. The van der Waals surface area contributed by atoms with Crippen LogP contribution in [0.25, 0.3) is 11.0 Å². The third kappa shape index (κ3) is 2.72. The number of hydrogen-bond donors (Lipinski definition) is 1. The summed E-state index contributed by atoms with van der Waals surface area (Å²) in [7, 11) is 0. The Labute approximate surface area is 122 Å². The largest absolute Gasteiger partial charge is 0.459 e. The first-order valence-electron chi connectivity index (χ1n) is 7.12. The van der Waals surface area contributed by atoms with Crippen LogP contribution in [0.2, 0.25) is 0 Å². The molecule has 2 aromatic rings. The Morgan fingerprint density at radius 3 is 2.84 bits per heavy atom. The van der Waals surface area contributed by atoms with Gasteiger partial charge in [0.05, 0.1) is 6.54 Å². The highest BCUT2D eigenvalue weighted by molar-refractivity contribution is 9.10. The summed E-state index contributed by atoms with van der Waals surface area (Å²) in [6, 6.07) is 5.03. The van der Waals surface area contributed by atoms with Crippen molar-refractivity contribution >= 4 is 26.9 Å². The van der Waals surface area contributed by atoms with E-state index < -0.39 is 0 Å². The molecule has 0 amide bonds. The first-order chi connectivity index (χ1) is 9.19. The van der Waals surface area contributed by atoms with Crippen LogP contribution in [0.5, 0.6) is 0 Å². The van der Waals surface area contributed by atoms with E-state index >= 15 is 0 Å². The highest BCUT2D eigenvalue weighted by atomic mass is 79.9. The van der Waals surface area contributed by atoms with Crippen molar-refractivity contribution < 1.29 is 4.42 Å². The van der Waals surface area contributed by atoms with E-state index in [1.54, 1.807) is 0 Å². The summed E-state index contributed by atoms with van der Waals surface area (Å²) in [4.78, 5) is 0. The maximum atomic E-state index is 6.13. The molecule has 3 heteroatoms. The third-order valence-corrected chi connectivity index (χ3v) is 4.21. The standard InChI is InChI=1S/C16H20BrNO/c1-3-4-13-14-8-11(17)7-10(2)16(14)19-15(13)9-18-12-5-6-12/h7-8,12,18H,3-6,9H2,1-2H3. The summed E-state index contributed by atoms with van der Waals surface area (Å²) in [5.74, 6) is 1.13. The predicted octanol–water partition coefficient (Wildman–Crippen LogP) is 4.71. The SMILES string of the molecule is CCCc1c(CNC2CC2)oc2c(C)cc(Br)cc12.